The summed E-state index contributed by atoms with van der Waals surface area (Å²) in [5.74, 6) is 0.818. The average molecular weight is 326 g/mol. The van der Waals surface area contributed by atoms with E-state index >= 15 is 0 Å². The molecule has 0 aromatic heterocycles. The van der Waals surface area contributed by atoms with Crippen molar-refractivity contribution in [3.63, 3.8) is 0 Å². The van der Waals surface area contributed by atoms with Crippen LogP contribution in [-0.4, -0.2) is 31.0 Å². The fourth-order valence-electron chi connectivity index (χ4n) is 2.47. The van der Waals surface area contributed by atoms with Gasteiger partial charge in [0.05, 0.1) is 13.2 Å². The molecule has 2 aromatic rings. The lowest BCUT2D eigenvalue weighted by molar-refractivity contribution is -0.120. The average Bonchev–Trinajstić information content (AvgIpc) is 2.61. The number of hydrogen-bond acceptors (Lipinski definition) is 3. The smallest absolute Gasteiger partial charge is 0.241 e. The lowest BCUT2D eigenvalue weighted by Crippen LogP contribution is -2.39. The molecular formula is C20H26N2O2. The van der Waals surface area contributed by atoms with E-state index in [1.807, 2.05) is 67.4 Å². The first kappa shape index (κ1) is 18.0. The van der Waals surface area contributed by atoms with Gasteiger partial charge in [0.25, 0.3) is 0 Å². The maximum atomic E-state index is 12.4. The first-order chi connectivity index (χ1) is 11.5. The zero-order chi connectivity index (χ0) is 17.5. The third kappa shape index (κ3) is 4.83. The summed E-state index contributed by atoms with van der Waals surface area (Å²) >= 11 is 0. The number of anilines is 1. The molecule has 2 rings (SSSR count). The molecule has 24 heavy (non-hydrogen) atoms. The molecule has 0 heterocycles. The molecule has 128 valence electrons. The summed E-state index contributed by atoms with van der Waals surface area (Å²) in [6, 6.07) is 15.7. The number of amides is 1. The van der Waals surface area contributed by atoms with Gasteiger partial charge in [0.15, 0.2) is 0 Å². The Morgan fingerprint density at radius 1 is 1.17 bits per heavy atom. The minimum atomic E-state index is -0.234. The number of benzene rings is 2. The van der Waals surface area contributed by atoms with Gasteiger partial charge in [0, 0.05) is 12.2 Å². The van der Waals surface area contributed by atoms with Crippen molar-refractivity contribution in [2.45, 2.75) is 32.9 Å². The number of carbonyl (C=O) groups is 1. The number of likely N-dealkylation sites (N-methyl/N-ethyl adjacent to an activating group) is 1. The molecule has 0 saturated carbocycles. The maximum Gasteiger partial charge on any atom is 0.241 e. The second-order valence-corrected chi connectivity index (χ2v) is 5.98. The molecule has 0 fully saturated rings. The first-order valence-corrected chi connectivity index (χ1v) is 8.26. The summed E-state index contributed by atoms with van der Waals surface area (Å²) in [6.07, 6.45) is 0.994. The molecule has 0 radical (unpaired) electrons. The highest BCUT2D eigenvalue weighted by molar-refractivity contribution is 5.94. The minimum absolute atomic E-state index is 0.00959. The van der Waals surface area contributed by atoms with Crippen LogP contribution in [0.1, 0.15) is 25.0 Å². The second kappa shape index (κ2) is 8.50. The third-order valence-electron chi connectivity index (χ3n) is 4.24. The number of rotatable bonds is 7. The molecule has 1 atom stereocenters. The molecule has 1 N–H and O–H groups in total. The standard InChI is InChI=1S/C20H26N2O2/c1-5-16-9-11-18(12-10-16)21-20(23)15(2)22(3)14-17-7-6-8-19(13-17)24-4/h6-13,15H,5,14H2,1-4H3,(H,21,23)/t15-/m0/s1. The number of hydrogen-bond donors (Lipinski definition) is 1. The highest BCUT2D eigenvalue weighted by atomic mass is 16.5. The molecular weight excluding hydrogens is 300 g/mol. The van der Waals surface area contributed by atoms with Crippen molar-refractivity contribution in [3.05, 3.63) is 59.7 Å². The molecule has 0 aliphatic carbocycles. The van der Waals surface area contributed by atoms with Gasteiger partial charge >= 0.3 is 0 Å². The normalized spacial score (nSPS) is 12.0. The van der Waals surface area contributed by atoms with Gasteiger partial charge in [-0.1, -0.05) is 31.2 Å². The van der Waals surface area contributed by atoms with Crippen LogP contribution >= 0.6 is 0 Å². The van der Waals surface area contributed by atoms with Crippen molar-refractivity contribution in [2.75, 3.05) is 19.5 Å². The Bertz CT molecular complexity index is 668. The van der Waals surface area contributed by atoms with Crippen molar-refractivity contribution in [1.29, 1.82) is 0 Å². The minimum Gasteiger partial charge on any atom is -0.497 e. The van der Waals surface area contributed by atoms with E-state index in [4.69, 9.17) is 4.74 Å². The summed E-state index contributed by atoms with van der Waals surface area (Å²) in [5, 5.41) is 2.98. The van der Waals surface area contributed by atoms with E-state index in [9.17, 15) is 4.79 Å². The van der Waals surface area contributed by atoms with Crippen LogP contribution in [0.4, 0.5) is 5.69 Å². The summed E-state index contributed by atoms with van der Waals surface area (Å²) in [5.41, 5.74) is 3.21. The van der Waals surface area contributed by atoms with Crippen molar-refractivity contribution < 1.29 is 9.53 Å². The number of carbonyl (C=O) groups excluding carboxylic acids is 1. The number of methoxy groups -OCH3 is 1. The van der Waals surface area contributed by atoms with Crippen molar-refractivity contribution in [1.82, 2.24) is 4.90 Å². The lowest BCUT2D eigenvalue weighted by Gasteiger charge is -2.24. The van der Waals surface area contributed by atoms with E-state index < -0.39 is 0 Å². The van der Waals surface area contributed by atoms with Crippen LogP contribution in [0, 0.1) is 0 Å². The lowest BCUT2D eigenvalue weighted by atomic mass is 10.1. The number of aryl methyl sites for hydroxylation is 1. The predicted octanol–water partition coefficient (Wildman–Crippen LogP) is 3.72. The first-order valence-electron chi connectivity index (χ1n) is 8.26. The molecule has 0 saturated heterocycles. The third-order valence-corrected chi connectivity index (χ3v) is 4.24. The van der Waals surface area contributed by atoms with Gasteiger partial charge in [-0.05, 0) is 55.8 Å². The van der Waals surface area contributed by atoms with Gasteiger partial charge in [0.2, 0.25) is 5.91 Å². The highest BCUT2D eigenvalue weighted by Crippen LogP contribution is 2.16. The highest BCUT2D eigenvalue weighted by Gasteiger charge is 2.18. The Kier molecular flexibility index (Phi) is 6.38. The summed E-state index contributed by atoms with van der Waals surface area (Å²) in [7, 11) is 3.60. The fraction of sp³-hybridized carbons (Fsp3) is 0.350. The van der Waals surface area contributed by atoms with Gasteiger partial charge in [-0.2, -0.15) is 0 Å². The quantitative estimate of drug-likeness (QED) is 0.843. The Hall–Kier alpha value is -2.33. The van der Waals surface area contributed by atoms with E-state index in [0.717, 1.165) is 23.4 Å². The molecule has 0 aliphatic rings. The van der Waals surface area contributed by atoms with E-state index in [1.54, 1.807) is 7.11 Å². The van der Waals surface area contributed by atoms with Gasteiger partial charge in [0.1, 0.15) is 5.75 Å². The van der Waals surface area contributed by atoms with Crippen LogP contribution in [0.15, 0.2) is 48.5 Å². The molecule has 0 spiro atoms. The zero-order valence-corrected chi connectivity index (χ0v) is 14.9. The van der Waals surface area contributed by atoms with Crippen molar-refractivity contribution in [2.24, 2.45) is 0 Å². The SMILES string of the molecule is CCc1ccc(NC(=O)[C@H](C)N(C)Cc2cccc(OC)c2)cc1. The van der Waals surface area contributed by atoms with Gasteiger partial charge in [-0.3, -0.25) is 9.69 Å². The molecule has 1 amide bonds. The Morgan fingerprint density at radius 3 is 2.50 bits per heavy atom. The molecule has 0 unspecified atom stereocenters. The number of nitrogens with zero attached hydrogens (tertiary/aromatic N) is 1. The molecule has 0 bridgehead atoms. The van der Waals surface area contributed by atoms with Gasteiger partial charge in [-0.25, -0.2) is 0 Å². The summed E-state index contributed by atoms with van der Waals surface area (Å²) < 4.78 is 5.24. The van der Waals surface area contributed by atoms with E-state index in [0.29, 0.717) is 6.54 Å². The van der Waals surface area contributed by atoms with E-state index in [-0.39, 0.29) is 11.9 Å². The number of nitrogens with one attached hydrogen (secondary N) is 1. The van der Waals surface area contributed by atoms with Crippen molar-refractivity contribution in [3.8, 4) is 5.75 Å². The molecule has 4 nitrogen and oxygen atoms in total. The van der Waals surface area contributed by atoms with Crippen LogP contribution in [0.2, 0.25) is 0 Å². The number of ether oxygens (including phenoxy) is 1. The Balaban J connectivity index is 1.95. The summed E-state index contributed by atoms with van der Waals surface area (Å²) in [4.78, 5) is 14.5. The molecule has 2 aromatic carbocycles. The Morgan fingerprint density at radius 2 is 1.88 bits per heavy atom. The summed E-state index contributed by atoms with van der Waals surface area (Å²) in [6.45, 7) is 4.71. The predicted molar refractivity (Wildman–Crippen MR) is 98.4 cm³/mol. The van der Waals surface area contributed by atoms with Crippen LogP contribution in [0.25, 0.3) is 0 Å². The van der Waals surface area contributed by atoms with Gasteiger partial charge in [-0.15, -0.1) is 0 Å². The monoisotopic (exact) mass is 326 g/mol. The fourth-order valence-corrected chi connectivity index (χ4v) is 2.47. The van der Waals surface area contributed by atoms with E-state index in [2.05, 4.69) is 12.2 Å². The maximum absolute atomic E-state index is 12.4. The van der Waals surface area contributed by atoms with Gasteiger partial charge < -0.3 is 10.1 Å². The van der Waals surface area contributed by atoms with Crippen LogP contribution < -0.4 is 10.1 Å². The largest absolute Gasteiger partial charge is 0.497 e. The topological polar surface area (TPSA) is 41.6 Å². The van der Waals surface area contributed by atoms with Crippen molar-refractivity contribution >= 4 is 11.6 Å². The Labute approximate surface area is 144 Å². The second-order valence-electron chi connectivity index (χ2n) is 5.98. The van der Waals surface area contributed by atoms with Crippen LogP contribution in [0.5, 0.6) is 5.75 Å². The molecule has 4 heteroatoms. The van der Waals surface area contributed by atoms with Crippen LogP contribution in [-0.2, 0) is 17.8 Å². The zero-order valence-electron chi connectivity index (χ0n) is 14.9. The molecule has 0 aliphatic heterocycles. The van der Waals surface area contributed by atoms with Crippen LogP contribution in [0.3, 0.4) is 0 Å². The van der Waals surface area contributed by atoms with E-state index in [1.165, 1.54) is 5.56 Å².